The molecule has 3 nitrogen and oxygen atoms in total. The average molecular weight is 305 g/mol. The zero-order chi connectivity index (χ0) is 13.7. The van der Waals surface area contributed by atoms with E-state index in [1.807, 2.05) is 0 Å². The highest BCUT2D eigenvalue weighted by atomic mass is 35.5. The van der Waals surface area contributed by atoms with Crippen molar-refractivity contribution < 1.29 is 13.6 Å². The topological polar surface area (TPSA) is 41.1 Å². The van der Waals surface area contributed by atoms with Gasteiger partial charge in [0, 0.05) is 19.2 Å². The molecule has 1 aliphatic heterocycles. The van der Waals surface area contributed by atoms with E-state index < -0.39 is 11.6 Å². The van der Waals surface area contributed by atoms with Crippen LogP contribution in [0.5, 0.6) is 0 Å². The summed E-state index contributed by atoms with van der Waals surface area (Å²) in [6.45, 7) is 2.07. The molecule has 112 valence electrons. The molecule has 1 aromatic carbocycles. The lowest BCUT2D eigenvalue weighted by atomic mass is 9.99. The van der Waals surface area contributed by atoms with Crippen molar-refractivity contribution in [3.63, 3.8) is 0 Å². The second kappa shape index (κ2) is 8.17. The molecule has 1 heterocycles. The third-order valence-electron chi connectivity index (χ3n) is 3.30. The van der Waals surface area contributed by atoms with E-state index in [0.29, 0.717) is 25.1 Å². The second-order valence-corrected chi connectivity index (χ2v) is 4.86. The van der Waals surface area contributed by atoms with Crippen LogP contribution < -0.4 is 10.6 Å². The number of carbonyl (C=O) groups excluding carboxylic acids is 1. The molecule has 0 aromatic heterocycles. The van der Waals surface area contributed by atoms with E-state index in [2.05, 4.69) is 10.6 Å². The van der Waals surface area contributed by atoms with Gasteiger partial charge in [-0.2, -0.15) is 0 Å². The van der Waals surface area contributed by atoms with Crippen molar-refractivity contribution in [2.75, 3.05) is 19.6 Å². The van der Waals surface area contributed by atoms with E-state index in [1.165, 1.54) is 12.1 Å². The maximum absolute atomic E-state index is 13.0. The van der Waals surface area contributed by atoms with E-state index in [9.17, 15) is 13.6 Å². The Balaban J connectivity index is 0.00000200. The number of hydrogen-bond acceptors (Lipinski definition) is 2. The number of amides is 1. The lowest BCUT2D eigenvalue weighted by molar-refractivity contribution is -0.125. The number of carbonyl (C=O) groups is 1. The van der Waals surface area contributed by atoms with Crippen LogP contribution >= 0.6 is 12.4 Å². The van der Waals surface area contributed by atoms with Gasteiger partial charge < -0.3 is 10.6 Å². The maximum atomic E-state index is 13.0. The molecule has 1 aromatic rings. The SMILES string of the molecule is Cl.O=C(NCCc1cc(F)cc(F)c1)[C@@H]1CCCNC1. The lowest BCUT2D eigenvalue weighted by Gasteiger charge is -2.21. The number of rotatable bonds is 4. The van der Waals surface area contributed by atoms with Crippen molar-refractivity contribution in [2.45, 2.75) is 19.3 Å². The Kier molecular flexibility index (Phi) is 6.88. The summed E-state index contributed by atoms with van der Waals surface area (Å²) >= 11 is 0. The van der Waals surface area contributed by atoms with Crippen LogP contribution in [0, 0.1) is 17.6 Å². The summed E-state index contributed by atoms with van der Waals surface area (Å²) in [7, 11) is 0. The lowest BCUT2D eigenvalue weighted by Crippen LogP contribution is -2.41. The Morgan fingerprint density at radius 3 is 2.60 bits per heavy atom. The zero-order valence-corrected chi connectivity index (χ0v) is 11.9. The molecule has 6 heteroatoms. The monoisotopic (exact) mass is 304 g/mol. The molecule has 0 bridgehead atoms. The van der Waals surface area contributed by atoms with Gasteiger partial charge in [0.25, 0.3) is 0 Å². The molecule has 1 fully saturated rings. The molecule has 20 heavy (non-hydrogen) atoms. The smallest absolute Gasteiger partial charge is 0.224 e. The van der Waals surface area contributed by atoms with Crippen LogP contribution in [0.3, 0.4) is 0 Å². The minimum Gasteiger partial charge on any atom is -0.355 e. The fourth-order valence-corrected chi connectivity index (χ4v) is 2.31. The number of benzene rings is 1. The highest BCUT2D eigenvalue weighted by Gasteiger charge is 2.20. The summed E-state index contributed by atoms with van der Waals surface area (Å²) in [5, 5.41) is 5.99. The first-order valence-electron chi connectivity index (χ1n) is 6.58. The molecular formula is C14H19ClF2N2O. The minimum absolute atomic E-state index is 0. The summed E-state index contributed by atoms with van der Waals surface area (Å²) in [5.74, 6) is -1.14. The molecule has 2 N–H and O–H groups in total. The van der Waals surface area contributed by atoms with Crippen molar-refractivity contribution in [2.24, 2.45) is 5.92 Å². The first-order chi connectivity index (χ1) is 9.15. The molecular weight excluding hydrogens is 286 g/mol. The molecule has 2 rings (SSSR count). The summed E-state index contributed by atoms with van der Waals surface area (Å²) in [6.07, 6.45) is 2.33. The maximum Gasteiger partial charge on any atom is 0.224 e. The Bertz CT molecular complexity index is 431. The highest BCUT2D eigenvalue weighted by molar-refractivity contribution is 5.85. The molecule has 1 amide bonds. The average Bonchev–Trinajstić information content (AvgIpc) is 2.38. The quantitative estimate of drug-likeness (QED) is 0.894. The van der Waals surface area contributed by atoms with Gasteiger partial charge in [-0.3, -0.25) is 4.79 Å². The number of halogens is 3. The predicted molar refractivity (Wildman–Crippen MR) is 75.9 cm³/mol. The minimum atomic E-state index is -0.585. The summed E-state index contributed by atoms with van der Waals surface area (Å²) in [6, 6.07) is 3.42. The van der Waals surface area contributed by atoms with Gasteiger partial charge in [-0.05, 0) is 43.5 Å². The normalized spacial score (nSPS) is 18.2. The van der Waals surface area contributed by atoms with E-state index in [4.69, 9.17) is 0 Å². The van der Waals surface area contributed by atoms with Crippen LogP contribution in [0.15, 0.2) is 18.2 Å². The Hall–Kier alpha value is -1.20. The first kappa shape index (κ1) is 16.9. The molecule has 1 saturated heterocycles. The summed E-state index contributed by atoms with van der Waals surface area (Å²) in [5.41, 5.74) is 0.555. The van der Waals surface area contributed by atoms with Crippen molar-refractivity contribution in [1.82, 2.24) is 10.6 Å². The fraction of sp³-hybridized carbons (Fsp3) is 0.500. The largest absolute Gasteiger partial charge is 0.355 e. The van der Waals surface area contributed by atoms with Crippen molar-refractivity contribution in [3.8, 4) is 0 Å². The number of hydrogen-bond donors (Lipinski definition) is 2. The van der Waals surface area contributed by atoms with Crippen LogP contribution in [0.25, 0.3) is 0 Å². The Morgan fingerprint density at radius 1 is 1.30 bits per heavy atom. The van der Waals surface area contributed by atoms with Crippen molar-refractivity contribution in [1.29, 1.82) is 0 Å². The van der Waals surface area contributed by atoms with Crippen LogP contribution in [0.2, 0.25) is 0 Å². The molecule has 0 unspecified atom stereocenters. The summed E-state index contributed by atoms with van der Waals surface area (Å²) < 4.78 is 25.9. The number of piperidine rings is 1. The molecule has 1 aliphatic rings. The second-order valence-electron chi connectivity index (χ2n) is 4.86. The van der Waals surface area contributed by atoms with Crippen LogP contribution in [0.1, 0.15) is 18.4 Å². The first-order valence-corrected chi connectivity index (χ1v) is 6.58. The van der Waals surface area contributed by atoms with Gasteiger partial charge in [0.1, 0.15) is 11.6 Å². The van der Waals surface area contributed by atoms with E-state index in [0.717, 1.165) is 25.5 Å². The van der Waals surface area contributed by atoms with Crippen LogP contribution in [-0.2, 0) is 11.2 Å². The third-order valence-corrected chi connectivity index (χ3v) is 3.30. The Labute approximate surface area is 123 Å². The van der Waals surface area contributed by atoms with Gasteiger partial charge in [-0.25, -0.2) is 8.78 Å². The van der Waals surface area contributed by atoms with Crippen LogP contribution in [-0.4, -0.2) is 25.5 Å². The molecule has 0 aliphatic carbocycles. The molecule has 0 radical (unpaired) electrons. The van der Waals surface area contributed by atoms with E-state index in [1.54, 1.807) is 0 Å². The number of nitrogens with one attached hydrogen (secondary N) is 2. The molecule has 1 atom stereocenters. The standard InChI is InChI=1S/C14H18F2N2O.ClH/c15-12-6-10(7-13(16)8-12)3-5-18-14(19)11-2-1-4-17-9-11;/h6-8,11,17H,1-5,9H2,(H,18,19);1H/t11-;/m1./s1. The van der Waals surface area contributed by atoms with Gasteiger partial charge in [-0.1, -0.05) is 0 Å². The van der Waals surface area contributed by atoms with Crippen molar-refractivity contribution >= 4 is 18.3 Å². The zero-order valence-electron chi connectivity index (χ0n) is 11.1. The van der Waals surface area contributed by atoms with Gasteiger partial charge >= 0.3 is 0 Å². The Morgan fingerprint density at radius 2 is 2.00 bits per heavy atom. The molecule has 0 spiro atoms. The van der Waals surface area contributed by atoms with Gasteiger partial charge in [0.2, 0.25) is 5.91 Å². The predicted octanol–water partition coefficient (Wildman–Crippen LogP) is 2.04. The van der Waals surface area contributed by atoms with Gasteiger partial charge in [0.15, 0.2) is 0 Å². The van der Waals surface area contributed by atoms with E-state index >= 15 is 0 Å². The highest BCUT2D eigenvalue weighted by Crippen LogP contribution is 2.10. The fourth-order valence-electron chi connectivity index (χ4n) is 2.31. The third kappa shape index (κ3) is 5.06. The molecule has 0 saturated carbocycles. The van der Waals surface area contributed by atoms with Gasteiger partial charge in [-0.15, -0.1) is 12.4 Å². The van der Waals surface area contributed by atoms with Crippen LogP contribution in [0.4, 0.5) is 8.78 Å². The van der Waals surface area contributed by atoms with Gasteiger partial charge in [0.05, 0.1) is 5.92 Å². The van der Waals surface area contributed by atoms with Crippen molar-refractivity contribution in [3.05, 3.63) is 35.4 Å². The summed E-state index contributed by atoms with van der Waals surface area (Å²) in [4.78, 5) is 11.8. The van der Waals surface area contributed by atoms with E-state index in [-0.39, 0.29) is 24.2 Å².